The largest absolute Gasteiger partial charge is 0.346 e. The molecular formula is C18H24N6O. The third-order valence-electron chi connectivity index (χ3n) is 5.42. The number of rotatable bonds is 4. The lowest BCUT2D eigenvalue weighted by molar-refractivity contribution is 0.0902. The highest BCUT2D eigenvalue weighted by atomic mass is 16.2. The van der Waals surface area contributed by atoms with E-state index in [-0.39, 0.29) is 17.8 Å². The van der Waals surface area contributed by atoms with Crippen molar-refractivity contribution in [2.24, 2.45) is 18.9 Å². The Morgan fingerprint density at radius 3 is 2.76 bits per heavy atom. The van der Waals surface area contributed by atoms with Crippen molar-refractivity contribution >= 4 is 5.91 Å². The number of likely N-dealkylation sites (tertiary alicyclic amines) is 1. The van der Waals surface area contributed by atoms with E-state index in [9.17, 15) is 4.79 Å². The van der Waals surface area contributed by atoms with Gasteiger partial charge >= 0.3 is 0 Å². The number of nitrogens with one attached hydrogen (secondary N) is 1. The first kappa shape index (κ1) is 16.2. The zero-order chi connectivity index (χ0) is 17.2. The van der Waals surface area contributed by atoms with Crippen LogP contribution in [0.2, 0.25) is 0 Å². The third kappa shape index (κ3) is 3.71. The van der Waals surface area contributed by atoms with Gasteiger partial charge in [0.15, 0.2) is 0 Å². The van der Waals surface area contributed by atoms with Gasteiger partial charge in [-0.1, -0.05) is 30.3 Å². The molecule has 1 unspecified atom stereocenters. The van der Waals surface area contributed by atoms with Crippen LogP contribution in [0.25, 0.3) is 0 Å². The molecule has 0 bridgehead atoms. The standard InChI is InChI=1S/C18H24N6O/c1-23-21-17(20-22-23)18(25)19-16-8-7-14-11-24(12-15(14)9-16)10-13-5-3-2-4-6-13/h2-6,14-16H,7-12H2,1H3,(H,19,25)/t14-,15+,16?/m0/s1. The monoisotopic (exact) mass is 340 g/mol. The summed E-state index contributed by atoms with van der Waals surface area (Å²) >= 11 is 0. The fourth-order valence-corrected chi connectivity index (χ4v) is 4.26. The summed E-state index contributed by atoms with van der Waals surface area (Å²) in [6.07, 6.45) is 3.25. The molecule has 132 valence electrons. The Hall–Kier alpha value is -2.28. The first-order chi connectivity index (χ1) is 12.2. The highest BCUT2D eigenvalue weighted by molar-refractivity contribution is 5.90. The highest BCUT2D eigenvalue weighted by Gasteiger charge is 2.38. The Bertz CT molecular complexity index is 730. The van der Waals surface area contributed by atoms with Crippen LogP contribution in [0.15, 0.2) is 30.3 Å². The number of aryl methyl sites for hydroxylation is 1. The number of benzene rings is 1. The lowest BCUT2D eigenvalue weighted by atomic mass is 9.79. The van der Waals surface area contributed by atoms with Gasteiger partial charge in [-0.2, -0.15) is 4.80 Å². The van der Waals surface area contributed by atoms with Crippen LogP contribution in [0, 0.1) is 11.8 Å². The predicted molar refractivity (Wildman–Crippen MR) is 92.6 cm³/mol. The van der Waals surface area contributed by atoms with Crippen LogP contribution >= 0.6 is 0 Å². The van der Waals surface area contributed by atoms with E-state index >= 15 is 0 Å². The molecule has 0 spiro atoms. The Labute approximate surface area is 147 Å². The van der Waals surface area contributed by atoms with Crippen LogP contribution in [0.4, 0.5) is 0 Å². The van der Waals surface area contributed by atoms with E-state index in [0.29, 0.717) is 5.92 Å². The quantitative estimate of drug-likeness (QED) is 0.906. The maximum absolute atomic E-state index is 12.2. The molecule has 4 rings (SSSR count). The van der Waals surface area contributed by atoms with E-state index in [4.69, 9.17) is 0 Å². The topological polar surface area (TPSA) is 75.9 Å². The molecule has 2 aromatic rings. The second-order valence-electron chi connectivity index (χ2n) is 7.29. The van der Waals surface area contributed by atoms with Gasteiger partial charge in [-0.3, -0.25) is 9.69 Å². The van der Waals surface area contributed by atoms with Crippen LogP contribution < -0.4 is 5.32 Å². The van der Waals surface area contributed by atoms with E-state index in [1.54, 1.807) is 7.05 Å². The van der Waals surface area contributed by atoms with E-state index in [0.717, 1.165) is 31.8 Å². The van der Waals surface area contributed by atoms with Crippen LogP contribution in [0.1, 0.15) is 35.4 Å². The lowest BCUT2D eigenvalue weighted by Gasteiger charge is -2.31. The van der Waals surface area contributed by atoms with Gasteiger partial charge in [0.1, 0.15) is 0 Å². The zero-order valence-electron chi connectivity index (χ0n) is 14.5. The normalized spacial score (nSPS) is 26.4. The Morgan fingerprint density at radius 1 is 1.20 bits per heavy atom. The van der Waals surface area contributed by atoms with Crippen molar-refractivity contribution in [1.29, 1.82) is 0 Å². The molecule has 1 aliphatic carbocycles. The van der Waals surface area contributed by atoms with Crippen LogP contribution in [-0.2, 0) is 13.6 Å². The molecule has 0 radical (unpaired) electrons. The molecule has 1 saturated heterocycles. The average Bonchev–Trinajstić information content (AvgIpc) is 3.21. The summed E-state index contributed by atoms with van der Waals surface area (Å²) in [6.45, 7) is 3.32. The second-order valence-corrected chi connectivity index (χ2v) is 7.29. The van der Waals surface area contributed by atoms with Crippen molar-refractivity contribution < 1.29 is 4.79 Å². The molecule has 2 aliphatic rings. The van der Waals surface area contributed by atoms with E-state index in [2.05, 4.69) is 56.0 Å². The molecule has 7 nitrogen and oxygen atoms in total. The van der Waals surface area contributed by atoms with Crippen molar-refractivity contribution in [1.82, 2.24) is 30.4 Å². The third-order valence-corrected chi connectivity index (χ3v) is 5.42. The number of aromatic nitrogens is 4. The number of hydrogen-bond acceptors (Lipinski definition) is 5. The molecule has 1 aromatic heterocycles. The fraction of sp³-hybridized carbons (Fsp3) is 0.556. The zero-order valence-corrected chi connectivity index (χ0v) is 14.5. The minimum Gasteiger partial charge on any atom is -0.346 e. The van der Waals surface area contributed by atoms with Gasteiger partial charge in [0.2, 0.25) is 0 Å². The summed E-state index contributed by atoms with van der Waals surface area (Å²) < 4.78 is 0. The molecule has 1 aromatic carbocycles. The number of hydrogen-bond donors (Lipinski definition) is 1. The van der Waals surface area contributed by atoms with E-state index in [1.165, 1.54) is 23.3 Å². The number of carbonyl (C=O) groups excluding carboxylic acids is 1. The molecular weight excluding hydrogens is 316 g/mol. The van der Waals surface area contributed by atoms with Crippen LogP contribution in [0.5, 0.6) is 0 Å². The molecule has 2 fully saturated rings. The summed E-state index contributed by atoms with van der Waals surface area (Å²) in [6, 6.07) is 10.9. The van der Waals surface area contributed by atoms with Crippen molar-refractivity contribution in [3.05, 3.63) is 41.7 Å². The van der Waals surface area contributed by atoms with Crippen LogP contribution in [0.3, 0.4) is 0 Å². The molecule has 1 aliphatic heterocycles. The summed E-state index contributed by atoms with van der Waals surface area (Å²) in [5.74, 6) is 1.36. The van der Waals surface area contributed by atoms with Crippen molar-refractivity contribution in [3.63, 3.8) is 0 Å². The first-order valence-electron chi connectivity index (χ1n) is 8.98. The van der Waals surface area contributed by atoms with Gasteiger partial charge in [-0.15, -0.1) is 10.2 Å². The number of carbonyl (C=O) groups is 1. The number of tetrazole rings is 1. The number of fused-ring (bicyclic) bond motifs is 1. The highest BCUT2D eigenvalue weighted by Crippen LogP contribution is 2.36. The summed E-state index contributed by atoms with van der Waals surface area (Å²) in [5, 5.41) is 14.6. The Kier molecular flexibility index (Phi) is 4.48. The van der Waals surface area contributed by atoms with Gasteiger partial charge in [0, 0.05) is 25.7 Å². The van der Waals surface area contributed by atoms with E-state index < -0.39 is 0 Å². The van der Waals surface area contributed by atoms with Gasteiger partial charge < -0.3 is 5.32 Å². The second kappa shape index (κ2) is 6.92. The number of nitrogens with zero attached hydrogens (tertiary/aromatic N) is 5. The molecule has 25 heavy (non-hydrogen) atoms. The van der Waals surface area contributed by atoms with Gasteiger partial charge in [0.25, 0.3) is 11.7 Å². The molecule has 1 amide bonds. The Morgan fingerprint density at radius 2 is 2.00 bits per heavy atom. The summed E-state index contributed by atoms with van der Waals surface area (Å²) in [5.41, 5.74) is 1.37. The minimum absolute atomic E-state index is 0.154. The maximum Gasteiger partial charge on any atom is 0.293 e. The number of amides is 1. The predicted octanol–water partition coefficient (Wildman–Crippen LogP) is 1.24. The first-order valence-corrected chi connectivity index (χ1v) is 8.98. The lowest BCUT2D eigenvalue weighted by Crippen LogP contribution is -2.41. The molecule has 7 heteroatoms. The van der Waals surface area contributed by atoms with Crippen molar-refractivity contribution in [3.8, 4) is 0 Å². The Balaban J connectivity index is 1.31. The minimum atomic E-state index is -0.212. The molecule has 1 saturated carbocycles. The maximum atomic E-state index is 12.2. The smallest absolute Gasteiger partial charge is 0.293 e. The molecule has 2 heterocycles. The van der Waals surface area contributed by atoms with E-state index in [1.807, 2.05) is 0 Å². The van der Waals surface area contributed by atoms with Gasteiger partial charge in [-0.25, -0.2) is 0 Å². The summed E-state index contributed by atoms with van der Waals surface area (Å²) in [4.78, 5) is 16.1. The van der Waals surface area contributed by atoms with Crippen molar-refractivity contribution in [2.75, 3.05) is 13.1 Å². The average molecular weight is 340 g/mol. The van der Waals surface area contributed by atoms with Crippen LogP contribution in [-0.4, -0.2) is 50.1 Å². The summed E-state index contributed by atoms with van der Waals surface area (Å²) in [7, 11) is 1.66. The SMILES string of the molecule is Cn1nnc(C(=O)NC2CC[C@H]3CN(Cc4ccccc4)C[C@H]3C2)n1. The van der Waals surface area contributed by atoms with Gasteiger partial charge in [-0.05, 0) is 41.9 Å². The van der Waals surface area contributed by atoms with Crippen molar-refractivity contribution in [2.45, 2.75) is 31.8 Å². The molecule has 1 N–H and O–H groups in total. The van der Waals surface area contributed by atoms with Gasteiger partial charge in [0.05, 0.1) is 7.05 Å². The molecule has 3 atom stereocenters. The fourth-order valence-electron chi connectivity index (χ4n) is 4.26.